The molecule has 3 nitrogen and oxygen atoms in total. The van der Waals surface area contributed by atoms with Crippen molar-refractivity contribution in [3.63, 3.8) is 0 Å². The number of benzene rings is 3. The van der Waals surface area contributed by atoms with Crippen molar-refractivity contribution < 1.29 is 14.3 Å². The third-order valence-electron chi connectivity index (χ3n) is 4.80. The summed E-state index contributed by atoms with van der Waals surface area (Å²) in [4.78, 5) is 12.8. The Labute approximate surface area is 179 Å². The third-order valence-corrected chi connectivity index (χ3v) is 5.36. The van der Waals surface area contributed by atoms with E-state index in [2.05, 4.69) is 12.1 Å². The van der Waals surface area contributed by atoms with Gasteiger partial charge >= 0.3 is 0 Å². The molecule has 29 heavy (non-hydrogen) atoms. The number of Topliss-reactive ketones (excluding diaryl/α,β-unsaturated/α-hetero) is 1. The highest BCUT2D eigenvalue weighted by atomic mass is 35.5. The lowest BCUT2D eigenvalue weighted by molar-refractivity contribution is 0.101. The Morgan fingerprint density at radius 1 is 1.00 bits per heavy atom. The van der Waals surface area contributed by atoms with Crippen LogP contribution in [0.2, 0.25) is 10.0 Å². The fraction of sp³-hybridized carbons (Fsp3) is 0.125. The van der Waals surface area contributed by atoms with Crippen LogP contribution in [0.25, 0.3) is 6.08 Å². The highest BCUT2D eigenvalue weighted by Crippen LogP contribution is 2.40. The maximum atomic E-state index is 12.8. The summed E-state index contributed by atoms with van der Waals surface area (Å²) >= 11 is 12.2. The number of ketones is 1. The van der Waals surface area contributed by atoms with Crippen molar-refractivity contribution in [1.82, 2.24) is 0 Å². The summed E-state index contributed by atoms with van der Waals surface area (Å²) < 4.78 is 11.9. The van der Waals surface area contributed by atoms with E-state index in [0.717, 1.165) is 11.1 Å². The van der Waals surface area contributed by atoms with E-state index in [1.807, 2.05) is 32.0 Å². The number of carbonyl (C=O) groups excluding carboxylic acids is 1. The van der Waals surface area contributed by atoms with E-state index in [-0.39, 0.29) is 11.5 Å². The topological polar surface area (TPSA) is 35.5 Å². The van der Waals surface area contributed by atoms with E-state index in [0.29, 0.717) is 39.3 Å². The summed E-state index contributed by atoms with van der Waals surface area (Å²) in [5.74, 6) is 1.25. The minimum absolute atomic E-state index is 0.181. The second-order valence-electron chi connectivity index (χ2n) is 6.95. The molecule has 0 amide bonds. The van der Waals surface area contributed by atoms with Crippen molar-refractivity contribution in [2.75, 3.05) is 0 Å². The first-order valence-electron chi connectivity index (χ1n) is 9.13. The molecule has 1 heterocycles. The zero-order valence-corrected chi connectivity index (χ0v) is 17.5. The largest absolute Gasteiger partial charge is 0.488 e. The maximum absolute atomic E-state index is 12.8. The van der Waals surface area contributed by atoms with Gasteiger partial charge in [-0.2, -0.15) is 0 Å². The third kappa shape index (κ3) is 4.02. The Morgan fingerprint density at radius 2 is 1.76 bits per heavy atom. The number of rotatable bonds is 4. The molecule has 5 heteroatoms. The van der Waals surface area contributed by atoms with E-state index in [1.165, 1.54) is 5.56 Å². The average Bonchev–Trinajstić information content (AvgIpc) is 3.01. The molecule has 0 spiro atoms. The molecule has 4 rings (SSSR count). The normalized spacial score (nSPS) is 14.1. The smallest absolute Gasteiger partial charge is 0.231 e. The van der Waals surface area contributed by atoms with E-state index in [9.17, 15) is 4.79 Å². The van der Waals surface area contributed by atoms with E-state index in [4.69, 9.17) is 32.7 Å². The fourth-order valence-electron chi connectivity index (χ4n) is 3.13. The first-order valence-corrected chi connectivity index (χ1v) is 9.89. The van der Waals surface area contributed by atoms with Gasteiger partial charge in [0.1, 0.15) is 18.1 Å². The molecule has 0 aliphatic carbocycles. The van der Waals surface area contributed by atoms with Crippen LogP contribution in [-0.2, 0) is 6.61 Å². The lowest BCUT2D eigenvalue weighted by Crippen LogP contribution is -1.98. The van der Waals surface area contributed by atoms with Crippen LogP contribution >= 0.6 is 23.2 Å². The van der Waals surface area contributed by atoms with Gasteiger partial charge in [0, 0.05) is 15.6 Å². The Morgan fingerprint density at radius 3 is 2.48 bits per heavy atom. The standard InChI is InChI=1S/C24H18Cl2O3/c1-14-3-5-16(6-4-14)13-28-21-10-9-19-23(27)22(29-24(19)15(21)2)11-17-7-8-18(25)12-20(17)26/h3-12H,13H2,1-2H3/b22-11-. The molecule has 146 valence electrons. The summed E-state index contributed by atoms with van der Waals surface area (Å²) in [6.45, 7) is 4.37. The van der Waals surface area contributed by atoms with Crippen molar-refractivity contribution in [2.24, 2.45) is 0 Å². The number of hydrogen-bond donors (Lipinski definition) is 0. The van der Waals surface area contributed by atoms with E-state index in [1.54, 1.807) is 30.3 Å². The van der Waals surface area contributed by atoms with Crippen LogP contribution in [0.3, 0.4) is 0 Å². The predicted octanol–water partition coefficient (Wildman–Crippen LogP) is 6.81. The van der Waals surface area contributed by atoms with Crippen molar-refractivity contribution in [2.45, 2.75) is 20.5 Å². The Kier molecular flexibility index (Phi) is 5.35. The lowest BCUT2D eigenvalue weighted by Gasteiger charge is -2.11. The summed E-state index contributed by atoms with van der Waals surface area (Å²) in [5.41, 5.74) is 4.25. The second kappa shape index (κ2) is 7.94. The maximum Gasteiger partial charge on any atom is 0.231 e. The monoisotopic (exact) mass is 424 g/mol. The number of fused-ring (bicyclic) bond motifs is 1. The highest BCUT2D eigenvalue weighted by molar-refractivity contribution is 6.35. The van der Waals surface area contributed by atoms with Crippen LogP contribution in [0.1, 0.15) is 32.6 Å². The van der Waals surface area contributed by atoms with Crippen molar-refractivity contribution >= 4 is 35.1 Å². The summed E-state index contributed by atoms with van der Waals surface area (Å²) in [7, 11) is 0. The molecular weight excluding hydrogens is 407 g/mol. The highest BCUT2D eigenvalue weighted by Gasteiger charge is 2.30. The zero-order chi connectivity index (χ0) is 20.5. The van der Waals surface area contributed by atoms with Gasteiger partial charge < -0.3 is 9.47 Å². The number of allylic oxidation sites excluding steroid dienone is 1. The SMILES string of the molecule is Cc1ccc(COc2ccc3c(c2C)O/C(=C\c2ccc(Cl)cc2Cl)C3=O)cc1. The molecule has 0 aromatic heterocycles. The molecule has 3 aromatic carbocycles. The molecule has 0 fully saturated rings. The molecule has 0 saturated carbocycles. The van der Waals surface area contributed by atoms with Crippen LogP contribution in [0.15, 0.2) is 60.4 Å². The van der Waals surface area contributed by atoms with Crippen LogP contribution in [-0.4, -0.2) is 5.78 Å². The average molecular weight is 425 g/mol. The van der Waals surface area contributed by atoms with Crippen molar-refractivity contribution in [3.8, 4) is 11.5 Å². The number of aryl methyl sites for hydroxylation is 1. The number of ether oxygens (including phenoxy) is 2. The second-order valence-corrected chi connectivity index (χ2v) is 7.79. The van der Waals surface area contributed by atoms with Gasteiger partial charge in [0.05, 0.1) is 5.56 Å². The first-order chi connectivity index (χ1) is 13.9. The number of carbonyl (C=O) groups is 1. The summed E-state index contributed by atoms with van der Waals surface area (Å²) in [6, 6.07) is 16.8. The molecular formula is C24H18Cl2O3. The van der Waals surface area contributed by atoms with Gasteiger partial charge in [-0.1, -0.05) is 59.1 Å². The minimum atomic E-state index is -0.181. The summed E-state index contributed by atoms with van der Waals surface area (Å²) in [6.07, 6.45) is 1.63. The van der Waals surface area contributed by atoms with Crippen LogP contribution < -0.4 is 9.47 Å². The molecule has 0 bridgehead atoms. The fourth-order valence-corrected chi connectivity index (χ4v) is 3.59. The van der Waals surface area contributed by atoms with E-state index < -0.39 is 0 Å². The van der Waals surface area contributed by atoms with Gasteiger partial charge in [0.2, 0.25) is 5.78 Å². The van der Waals surface area contributed by atoms with Gasteiger partial charge in [-0.15, -0.1) is 0 Å². The van der Waals surface area contributed by atoms with Gasteiger partial charge in [0.25, 0.3) is 0 Å². The molecule has 0 radical (unpaired) electrons. The van der Waals surface area contributed by atoms with Gasteiger partial charge in [0.15, 0.2) is 5.76 Å². The van der Waals surface area contributed by atoms with Gasteiger partial charge in [-0.05, 0) is 55.3 Å². The Balaban J connectivity index is 1.58. The Hall–Kier alpha value is -2.75. The molecule has 0 N–H and O–H groups in total. The van der Waals surface area contributed by atoms with Gasteiger partial charge in [-0.3, -0.25) is 4.79 Å². The molecule has 1 aliphatic heterocycles. The molecule has 0 unspecified atom stereocenters. The Bertz CT molecular complexity index is 1130. The van der Waals surface area contributed by atoms with Gasteiger partial charge in [-0.25, -0.2) is 0 Å². The van der Waals surface area contributed by atoms with Crippen LogP contribution in [0, 0.1) is 13.8 Å². The summed E-state index contributed by atoms with van der Waals surface area (Å²) in [5, 5.41) is 0.988. The van der Waals surface area contributed by atoms with Crippen molar-refractivity contribution in [3.05, 3.63) is 98.2 Å². The zero-order valence-electron chi connectivity index (χ0n) is 16.0. The van der Waals surface area contributed by atoms with E-state index >= 15 is 0 Å². The quantitative estimate of drug-likeness (QED) is 0.431. The molecule has 0 atom stereocenters. The van der Waals surface area contributed by atoms with Crippen molar-refractivity contribution in [1.29, 1.82) is 0 Å². The number of hydrogen-bond acceptors (Lipinski definition) is 3. The molecule has 0 saturated heterocycles. The predicted molar refractivity (Wildman–Crippen MR) is 116 cm³/mol. The van der Waals surface area contributed by atoms with Crippen LogP contribution in [0.5, 0.6) is 11.5 Å². The van der Waals surface area contributed by atoms with Crippen LogP contribution in [0.4, 0.5) is 0 Å². The first kappa shape index (κ1) is 19.6. The molecule has 1 aliphatic rings. The minimum Gasteiger partial charge on any atom is -0.488 e. The number of halogens is 2. The lowest BCUT2D eigenvalue weighted by atomic mass is 10.1. The molecule has 3 aromatic rings.